The molecule has 2 aromatic heterocycles. The van der Waals surface area contributed by atoms with Gasteiger partial charge in [-0.05, 0) is 29.3 Å². The number of pyridine rings is 2. The molecule has 0 amide bonds. The number of carboxylic acids is 1. The molecule has 6 heteroatoms. The highest BCUT2D eigenvalue weighted by Crippen LogP contribution is 2.42. The SMILES string of the molecule is COC(Cc1ccccc1OCCC=C1c2cnccc2-c2cccnc21)C(=O)O. The molecule has 0 fully saturated rings. The molecule has 1 N–H and O–H groups in total. The van der Waals surface area contributed by atoms with Crippen molar-refractivity contribution in [3.63, 3.8) is 0 Å². The van der Waals surface area contributed by atoms with Crippen molar-refractivity contribution in [2.75, 3.05) is 13.7 Å². The molecule has 152 valence electrons. The summed E-state index contributed by atoms with van der Waals surface area (Å²) in [6.07, 6.45) is 7.62. The minimum absolute atomic E-state index is 0.249. The smallest absolute Gasteiger partial charge is 0.333 e. The number of methoxy groups -OCH3 is 1. The molecule has 0 aliphatic heterocycles. The predicted octanol–water partition coefficient (Wildman–Crippen LogP) is 4.00. The third-order valence-corrected chi connectivity index (χ3v) is 5.13. The third kappa shape index (κ3) is 3.95. The van der Waals surface area contributed by atoms with Crippen molar-refractivity contribution in [2.45, 2.75) is 18.9 Å². The van der Waals surface area contributed by atoms with Gasteiger partial charge in [0, 0.05) is 55.2 Å². The summed E-state index contributed by atoms with van der Waals surface area (Å²) >= 11 is 0. The van der Waals surface area contributed by atoms with E-state index in [0.29, 0.717) is 18.8 Å². The second-order valence-electron chi connectivity index (χ2n) is 6.95. The maximum atomic E-state index is 11.3. The monoisotopic (exact) mass is 402 g/mol. The number of para-hydroxylation sites is 1. The number of hydrogen-bond acceptors (Lipinski definition) is 5. The number of benzene rings is 1. The van der Waals surface area contributed by atoms with Gasteiger partial charge in [0.15, 0.2) is 6.10 Å². The van der Waals surface area contributed by atoms with Crippen LogP contribution in [0.15, 0.2) is 67.1 Å². The minimum atomic E-state index is -0.989. The lowest BCUT2D eigenvalue weighted by atomic mass is 10.1. The Morgan fingerprint density at radius 3 is 2.80 bits per heavy atom. The Morgan fingerprint density at radius 2 is 1.97 bits per heavy atom. The van der Waals surface area contributed by atoms with Gasteiger partial charge in [0.25, 0.3) is 0 Å². The summed E-state index contributed by atoms with van der Waals surface area (Å²) in [7, 11) is 1.40. The van der Waals surface area contributed by atoms with Crippen LogP contribution in [0, 0.1) is 0 Å². The summed E-state index contributed by atoms with van der Waals surface area (Å²) in [6, 6.07) is 13.5. The fourth-order valence-electron chi connectivity index (χ4n) is 3.67. The van der Waals surface area contributed by atoms with Gasteiger partial charge in [0.1, 0.15) is 5.75 Å². The Morgan fingerprint density at radius 1 is 1.10 bits per heavy atom. The van der Waals surface area contributed by atoms with Crippen LogP contribution in [0.1, 0.15) is 23.2 Å². The number of hydrogen-bond donors (Lipinski definition) is 1. The molecular formula is C24H22N2O4. The largest absolute Gasteiger partial charge is 0.493 e. The van der Waals surface area contributed by atoms with Crippen molar-refractivity contribution in [1.29, 1.82) is 0 Å². The van der Waals surface area contributed by atoms with Crippen molar-refractivity contribution < 1.29 is 19.4 Å². The maximum absolute atomic E-state index is 11.3. The van der Waals surface area contributed by atoms with Gasteiger partial charge < -0.3 is 14.6 Å². The summed E-state index contributed by atoms with van der Waals surface area (Å²) in [5.74, 6) is -0.317. The van der Waals surface area contributed by atoms with E-state index in [-0.39, 0.29) is 6.42 Å². The van der Waals surface area contributed by atoms with Crippen LogP contribution in [-0.4, -0.2) is 40.9 Å². The number of aliphatic carboxylic acids is 1. The molecule has 2 heterocycles. The van der Waals surface area contributed by atoms with Crippen LogP contribution in [-0.2, 0) is 16.0 Å². The molecular weight excluding hydrogens is 380 g/mol. The second-order valence-corrected chi connectivity index (χ2v) is 6.95. The topological polar surface area (TPSA) is 81.5 Å². The van der Waals surface area contributed by atoms with E-state index in [0.717, 1.165) is 33.5 Å². The van der Waals surface area contributed by atoms with Gasteiger partial charge >= 0.3 is 5.97 Å². The number of fused-ring (bicyclic) bond motifs is 3. The van der Waals surface area contributed by atoms with E-state index in [1.165, 1.54) is 7.11 Å². The van der Waals surface area contributed by atoms with Crippen LogP contribution in [0.25, 0.3) is 16.7 Å². The molecule has 0 spiro atoms. The normalized spacial score (nSPS) is 14.2. The third-order valence-electron chi connectivity index (χ3n) is 5.13. The zero-order chi connectivity index (χ0) is 20.9. The first kappa shape index (κ1) is 19.8. The number of nitrogens with zero attached hydrogens (tertiary/aromatic N) is 2. The van der Waals surface area contributed by atoms with E-state index in [2.05, 4.69) is 22.1 Å². The van der Waals surface area contributed by atoms with Gasteiger partial charge in [-0.25, -0.2) is 4.79 Å². The fourth-order valence-corrected chi connectivity index (χ4v) is 3.67. The number of ether oxygens (including phenoxy) is 2. The second kappa shape index (κ2) is 8.88. The number of carboxylic acid groups (broad SMARTS) is 1. The molecule has 1 aliphatic rings. The summed E-state index contributed by atoms with van der Waals surface area (Å²) in [5.41, 5.74) is 6.18. The molecule has 30 heavy (non-hydrogen) atoms. The van der Waals surface area contributed by atoms with Crippen LogP contribution in [0.2, 0.25) is 0 Å². The Kier molecular flexibility index (Phi) is 5.86. The highest BCUT2D eigenvalue weighted by Gasteiger charge is 2.24. The Balaban J connectivity index is 1.47. The van der Waals surface area contributed by atoms with E-state index >= 15 is 0 Å². The summed E-state index contributed by atoms with van der Waals surface area (Å²) in [6.45, 7) is 0.461. The highest BCUT2D eigenvalue weighted by molar-refractivity contribution is 5.99. The maximum Gasteiger partial charge on any atom is 0.333 e. The standard InChI is InChI=1S/C24H22N2O4/c1-29-22(24(27)28)14-16-6-2-3-9-21(16)30-13-5-8-19-20-15-25-12-10-17(20)18-7-4-11-26-23(18)19/h2-4,6-12,15,22H,5,13-14H2,1H3,(H,27,28). The first-order valence-corrected chi connectivity index (χ1v) is 9.75. The average molecular weight is 402 g/mol. The lowest BCUT2D eigenvalue weighted by molar-refractivity contribution is -0.148. The van der Waals surface area contributed by atoms with E-state index < -0.39 is 12.1 Å². The van der Waals surface area contributed by atoms with Crippen molar-refractivity contribution in [2.24, 2.45) is 0 Å². The molecule has 3 aromatic rings. The van der Waals surface area contributed by atoms with Crippen molar-refractivity contribution >= 4 is 11.5 Å². The van der Waals surface area contributed by atoms with Crippen LogP contribution >= 0.6 is 0 Å². The number of carbonyl (C=O) groups is 1. The molecule has 1 atom stereocenters. The van der Waals surface area contributed by atoms with E-state index in [1.54, 1.807) is 12.4 Å². The van der Waals surface area contributed by atoms with Gasteiger partial charge in [-0.2, -0.15) is 0 Å². The Hall–Kier alpha value is -3.51. The van der Waals surface area contributed by atoms with Gasteiger partial charge in [-0.1, -0.05) is 30.3 Å². The zero-order valence-electron chi connectivity index (χ0n) is 16.6. The molecule has 0 radical (unpaired) electrons. The first-order chi connectivity index (χ1) is 14.7. The van der Waals surface area contributed by atoms with E-state index in [9.17, 15) is 9.90 Å². The molecule has 0 bridgehead atoms. The predicted molar refractivity (Wildman–Crippen MR) is 113 cm³/mol. The molecule has 4 rings (SSSR count). The lowest BCUT2D eigenvalue weighted by Gasteiger charge is -2.14. The Bertz CT molecular complexity index is 1050. The van der Waals surface area contributed by atoms with Gasteiger partial charge in [-0.15, -0.1) is 0 Å². The quantitative estimate of drug-likeness (QED) is 0.449. The molecule has 1 aliphatic carbocycles. The molecule has 1 aromatic carbocycles. The van der Waals surface area contributed by atoms with Crippen LogP contribution in [0.3, 0.4) is 0 Å². The van der Waals surface area contributed by atoms with Crippen LogP contribution < -0.4 is 4.74 Å². The summed E-state index contributed by atoms with van der Waals surface area (Å²) < 4.78 is 11.0. The fraction of sp³-hybridized carbons (Fsp3) is 0.208. The zero-order valence-corrected chi connectivity index (χ0v) is 16.6. The molecule has 0 saturated heterocycles. The van der Waals surface area contributed by atoms with Crippen molar-refractivity contribution in [3.8, 4) is 16.9 Å². The number of rotatable bonds is 8. The molecule has 1 unspecified atom stereocenters. The van der Waals surface area contributed by atoms with Crippen LogP contribution in [0.5, 0.6) is 5.75 Å². The summed E-state index contributed by atoms with van der Waals surface area (Å²) in [4.78, 5) is 20.1. The Labute approximate surface area is 174 Å². The average Bonchev–Trinajstić information content (AvgIpc) is 3.09. The van der Waals surface area contributed by atoms with E-state index in [4.69, 9.17) is 9.47 Å². The minimum Gasteiger partial charge on any atom is -0.493 e. The van der Waals surface area contributed by atoms with E-state index in [1.807, 2.05) is 42.6 Å². The first-order valence-electron chi connectivity index (χ1n) is 9.75. The number of aromatic nitrogens is 2. The van der Waals surface area contributed by atoms with Crippen molar-refractivity contribution in [1.82, 2.24) is 9.97 Å². The van der Waals surface area contributed by atoms with Crippen molar-refractivity contribution in [3.05, 3.63) is 84.0 Å². The van der Waals surface area contributed by atoms with Gasteiger partial charge in [0.05, 0.1) is 12.3 Å². The van der Waals surface area contributed by atoms with Gasteiger partial charge in [-0.3, -0.25) is 9.97 Å². The van der Waals surface area contributed by atoms with Gasteiger partial charge in [0.2, 0.25) is 0 Å². The highest BCUT2D eigenvalue weighted by atomic mass is 16.5. The lowest BCUT2D eigenvalue weighted by Crippen LogP contribution is -2.25. The molecule has 0 saturated carbocycles. The summed E-state index contributed by atoms with van der Waals surface area (Å²) in [5, 5.41) is 9.24. The van der Waals surface area contributed by atoms with Crippen LogP contribution in [0.4, 0.5) is 0 Å². The molecule has 6 nitrogen and oxygen atoms in total.